The van der Waals surface area contributed by atoms with Gasteiger partial charge in [-0.1, -0.05) is 39.7 Å². The van der Waals surface area contributed by atoms with E-state index in [1.54, 1.807) is 13.8 Å². The highest BCUT2D eigenvalue weighted by Crippen LogP contribution is 2.36. The summed E-state index contributed by atoms with van der Waals surface area (Å²) in [4.78, 5) is 0. The van der Waals surface area contributed by atoms with Gasteiger partial charge in [0.1, 0.15) is 5.82 Å². The Morgan fingerprint density at radius 1 is 1.20 bits per heavy atom. The first-order valence-electron chi connectivity index (χ1n) is 6.57. The minimum Gasteiger partial charge on any atom is -0.505 e. The van der Waals surface area contributed by atoms with Crippen LogP contribution in [-0.4, -0.2) is 5.11 Å². The Kier molecular flexibility index (Phi) is 5.10. The maximum Gasteiger partial charge on any atom is 0.168 e. The highest BCUT2D eigenvalue weighted by atomic mass is 19.1. The molecule has 1 N–H and O–H groups in total. The number of terminal acetylenes is 1. The fourth-order valence-electron chi connectivity index (χ4n) is 2.15. The number of phenols is 1. The molecule has 1 nitrogen and oxygen atoms in total. The van der Waals surface area contributed by atoms with Crippen molar-refractivity contribution in [1.82, 2.24) is 0 Å². The van der Waals surface area contributed by atoms with Crippen LogP contribution in [0.3, 0.4) is 0 Å². The van der Waals surface area contributed by atoms with E-state index in [1.165, 1.54) is 18.2 Å². The number of fused-ring (bicyclic) bond motifs is 1. The molecule has 20 heavy (non-hydrogen) atoms. The maximum absolute atomic E-state index is 14.0. The number of halogens is 2. The summed E-state index contributed by atoms with van der Waals surface area (Å²) in [6, 6.07) is 3.96. The van der Waals surface area contributed by atoms with E-state index in [0.717, 1.165) is 0 Å². The molecule has 0 heterocycles. The number of rotatable bonds is 1. The predicted molar refractivity (Wildman–Crippen MR) is 78.9 cm³/mol. The summed E-state index contributed by atoms with van der Waals surface area (Å²) >= 11 is 0. The van der Waals surface area contributed by atoms with E-state index in [-0.39, 0.29) is 17.0 Å². The SMILES string of the molecule is C#Cc1c(F)ccc2cc(O)c(F)c(C(C)C)c12.CC. The van der Waals surface area contributed by atoms with Gasteiger partial charge in [-0.15, -0.1) is 6.42 Å². The molecule has 2 aromatic carbocycles. The zero-order valence-electron chi connectivity index (χ0n) is 12.1. The first kappa shape index (κ1) is 16.0. The van der Waals surface area contributed by atoms with Crippen LogP contribution >= 0.6 is 0 Å². The number of hydrogen-bond donors (Lipinski definition) is 1. The topological polar surface area (TPSA) is 20.2 Å². The molecule has 0 aliphatic rings. The smallest absolute Gasteiger partial charge is 0.168 e. The highest BCUT2D eigenvalue weighted by molar-refractivity contribution is 5.93. The third kappa shape index (κ3) is 2.60. The summed E-state index contributed by atoms with van der Waals surface area (Å²) in [6.45, 7) is 7.53. The van der Waals surface area contributed by atoms with Gasteiger partial charge in [-0.3, -0.25) is 0 Å². The van der Waals surface area contributed by atoms with Gasteiger partial charge < -0.3 is 5.11 Å². The summed E-state index contributed by atoms with van der Waals surface area (Å²) < 4.78 is 27.7. The average molecular weight is 276 g/mol. The lowest BCUT2D eigenvalue weighted by molar-refractivity contribution is 0.428. The molecule has 0 saturated carbocycles. The molecule has 0 aliphatic carbocycles. The fraction of sp³-hybridized carbons (Fsp3) is 0.294. The zero-order chi connectivity index (χ0) is 15.4. The Morgan fingerprint density at radius 2 is 1.80 bits per heavy atom. The van der Waals surface area contributed by atoms with E-state index >= 15 is 0 Å². The van der Waals surface area contributed by atoms with Crippen molar-refractivity contribution in [3.63, 3.8) is 0 Å². The highest BCUT2D eigenvalue weighted by Gasteiger charge is 2.19. The first-order chi connectivity index (χ1) is 9.47. The second kappa shape index (κ2) is 6.38. The molecule has 106 valence electrons. The van der Waals surface area contributed by atoms with Gasteiger partial charge in [0.15, 0.2) is 11.6 Å². The van der Waals surface area contributed by atoms with Crippen molar-refractivity contribution in [2.45, 2.75) is 33.6 Å². The number of phenolic OH excluding ortho intramolecular Hbond substituents is 1. The Morgan fingerprint density at radius 3 is 2.30 bits per heavy atom. The van der Waals surface area contributed by atoms with Gasteiger partial charge in [0.2, 0.25) is 0 Å². The number of benzene rings is 2. The lowest BCUT2D eigenvalue weighted by Crippen LogP contribution is -1.99. The van der Waals surface area contributed by atoms with Gasteiger partial charge in [-0.2, -0.15) is 0 Å². The standard InChI is InChI=1S/C15H12F2O.C2H6/c1-4-10-11(16)6-5-9-7-12(18)15(17)13(8(2)3)14(9)10;1-2/h1,5-8,18H,2-3H3;1-2H3. The van der Waals surface area contributed by atoms with Crippen LogP contribution in [0.1, 0.15) is 44.7 Å². The minimum absolute atomic E-state index is 0.0371. The van der Waals surface area contributed by atoms with Crippen LogP contribution in [0.5, 0.6) is 5.75 Å². The van der Waals surface area contributed by atoms with Crippen LogP contribution in [0.15, 0.2) is 18.2 Å². The molecule has 0 bridgehead atoms. The third-order valence-electron chi connectivity index (χ3n) is 2.93. The van der Waals surface area contributed by atoms with Crippen LogP contribution in [0.4, 0.5) is 8.78 Å². The normalized spacial score (nSPS) is 10.1. The summed E-state index contributed by atoms with van der Waals surface area (Å²) in [5.74, 6) is 0.304. The average Bonchev–Trinajstić information content (AvgIpc) is 2.42. The first-order valence-corrected chi connectivity index (χ1v) is 6.57. The second-order valence-corrected chi connectivity index (χ2v) is 4.44. The molecule has 0 unspecified atom stereocenters. The molecule has 2 aromatic rings. The molecule has 0 atom stereocenters. The molecule has 0 radical (unpaired) electrons. The van der Waals surface area contributed by atoms with Crippen LogP contribution < -0.4 is 0 Å². The molecule has 0 spiro atoms. The number of aromatic hydroxyl groups is 1. The van der Waals surface area contributed by atoms with Crippen LogP contribution in [0.2, 0.25) is 0 Å². The summed E-state index contributed by atoms with van der Waals surface area (Å²) in [5.41, 5.74) is 0.285. The van der Waals surface area contributed by atoms with E-state index in [2.05, 4.69) is 5.92 Å². The van der Waals surface area contributed by atoms with Crippen LogP contribution in [0.25, 0.3) is 10.8 Å². The minimum atomic E-state index is -0.736. The predicted octanol–water partition coefficient (Wildman–Crippen LogP) is 4.95. The molecular weight excluding hydrogens is 258 g/mol. The zero-order valence-corrected chi connectivity index (χ0v) is 12.1. The molecule has 0 saturated heterocycles. The van der Waals surface area contributed by atoms with Gasteiger partial charge in [0.25, 0.3) is 0 Å². The van der Waals surface area contributed by atoms with Crippen molar-refractivity contribution in [2.24, 2.45) is 0 Å². The Hall–Kier alpha value is -2.08. The van der Waals surface area contributed by atoms with E-state index in [1.807, 2.05) is 13.8 Å². The molecular formula is C17H18F2O. The quantitative estimate of drug-likeness (QED) is 0.730. The van der Waals surface area contributed by atoms with Crippen molar-refractivity contribution < 1.29 is 13.9 Å². The maximum atomic E-state index is 14.0. The van der Waals surface area contributed by atoms with Gasteiger partial charge in [-0.25, -0.2) is 8.78 Å². The monoisotopic (exact) mass is 276 g/mol. The van der Waals surface area contributed by atoms with Crippen molar-refractivity contribution >= 4 is 10.8 Å². The van der Waals surface area contributed by atoms with E-state index in [9.17, 15) is 13.9 Å². The second-order valence-electron chi connectivity index (χ2n) is 4.44. The molecule has 0 amide bonds. The molecule has 0 aromatic heterocycles. The summed E-state index contributed by atoms with van der Waals surface area (Å²) in [7, 11) is 0. The lowest BCUT2D eigenvalue weighted by atomic mass is 9.91. The van der Waals surface area contributed by atoms with Crippen LogP contribution in [-0.2, 0) is 0 Å². The molecule has 0 fully saturated rings. The van der Waals surface area contributed by atoms with E-state index in [0.29, 0.717) is 10.8 Å². The van der Waals surface area contributed by atoms with Gasteiger partial charge in [0.05, 0.1) is 5.56 Å². The van der Waals surface area contributed by atoms with Crippen molar-refractivity contribution in [2.75, 3.05) is 0 Å². The Bertz CT molecular complexity index is 667. The number of hydrogen-bond acceptors (Lipinski definition) is 1. The summed E-state index contributed by atoms with van der Waals surface area (Å²) in [5, 5.41) is 10.5. The molecule has 2 rings (SSSR count). The van der Waals surface area contributed by atoms with Crippen LogP contribution in [0, 0.1) is 24.0 Å². The Labute approximate surface area is 118 Å². The van der Waals surface area contributed by atoms with Gasteiger partial charge in [0, 0.05) is 10.9 Å². The largest absolute Gasteiger partial charge is 0.505 e. The third-order valence-corrected chi connectivity index (χ3v) is 2.93. The van der Waals surface area contributed by atoms with E-state index in [4.69, 9.17) is 6.42 Å². The van der Waals surface area contributed by atoms with Crippen molar-refractivity contribution in [3.05, 3.63) is 41.0 Å². The van der Waals surface area contributed by atoms with Gasteiger partial charge in [-0.05, 0) is 23.4 Å². The lowest BCUT2D eigenvalue weighted by Gasteiger charge is -2.14. The molecule has 3 heteroatoms. The summed E-state index contributed by atoms with van der Waals surface area (Å²) in [6.07, 6.45) is 5.30. The fourth-order valence-corrected chi connectivity index (χ4v) is 2.15. The van der Waals surface area contributed by atoms with Crippen molar-refractivity contribution in [1.29, 1.82) is 0 Å². The molecule has 0 aliphatic heterocycles. The van der Waals surface area contributed by atoms with E-state index < -0.39 is 17.4 Å². The Balaban J connectivity index is 0.000000956. The van der Waals surface area contributed by atoms with Gasteiger partial charge >= 0.3 is 0 Å². The van der Waals surface area contributed by atoms with Crippen molar-refractivity contribution in [3.8, 4) is 18.1 Å².